The molecule has 63 heavy (non-hydrogen) atoms. The molecule has 9 N–H and O–H groups in total. The molecule has 0 amide bonds. The van der Waals surface area contributed by atoms with Crippen LogP contribution < -0.4 is 0 Å². The summed E-state index contributed by atoms with van der Waals surface area (Å²) >= 11 is 0. The number of aliphatic hydroxyl groups excluding tert-OH is 8. The van der Waals surface area contributed by atoms with Gasteiger partial charge in [0.15, 0.2) is 18.9 Å². The highest BCUT2D eigenvalue weighted by molar-refractivity contribution is 5.76. The van der Waals surface area contributed by atoms with Gasteiger partial charge >= 0.3 is 5.97 Å². The fourth-order valence-electron chi connectivity index (χ4n) is 14.8. The lowest BCUT2D eigenvalue weighted by Crippen LogP contribution is -2.66. The van der Waals surface area contributed by atoms with Gasteiger partial charge in [-0.25, -0.2) is 0 Å². The summed E-state index contributed by atoms with van der Waals surface area (Å²) in [4.78, 5) is 13.1. The van der Waals surface area contributed by atoms with Gasteiger partial charge in [0.2, 0.25) is 0 Å². The summed E-state index contributed by atoms with van der Waals surface area (Å²) in [7, 11) is 0. The first-order valence-electron chi connectivity index (χ1n) is 23.6. The zero-order valence-corrected chi connectivity index (χ0v) is 38.3. The van der Waals surface area contributed by atoms with Crippen LogP contribution in [0.4, 0.5) is 0 Å². The molecular weight excluding hydrogens is 821 g/mol. The number of fused-ring (bicyclic) bond motifs is 7. The van der Waals surface area contributed by atoms with Gasteiger partial charge in [0, 0.05) is 0 Å². The number of carbonyl (C=O) groups is 1. The Hall–Kier alpha value is -1.35. The summed E-state index contributed by atoms with van der Waals surface area (Å²) in [5.74, 6) is 0.0213. The first-order valence-corrected chi connectivity index (χ1v) is 23.6. The highest BCUT2D eigenvalue weighted by Gasteiger charge is 2.70. The smallest absolute Gasteiger partial charge is 0.310 e. The van der Waals surface area contributed by atoms with Crippen LogP contribution in [0, 0.1) is 50.2 Å². The van der Waals surface area contributed by atoms with Crippen LogP contribution in [-0.2, 0) is 33.2 Å². The molecule has 8 aliphatic rings. The minimum Gasteiger partial charge on any atom is -0.481 e. The highest BCUT2D eigenvalue weighted by atomic mass is 16.8. The van der Waals surface area contributed by atoms with Crippen molar-refractivity contribution in [2.24, 2.45) is 50.2 Å². The third-order valence-corrected chi connectivity index (χ3v) is 18.9. The van der Waals surface area contributed by atoms with Crippen molar-refractivity contribution in [3.8, 4) is 0 Å². The van der Waals surface area contributed by atoms with Gasteiger partial charge < -0.3 is 74.4 Å². The zero-order valence-electron chi connectivity index (χ0n) is 38.3. The van der Waals surface area contributed by atoms with Crippen LogP contribution >= 0.6 is 0 Å². The molecular formula is C47H76O16. The fourth-order valence-corrected chi connectivity index (χ4v) is 14.8. The molecule has 3 aliphatic heterocycles. The molecule has 4 saturated carbocycles. The lowest BCUT2D eigenvalue weighted by atomic mass is 9.33. The molecule has 0 aromatic heterocycles. The summed E-state index contributed by atoms with van der Waals surface area (Å²) in [6.45, 7) is 17.0. The minimum absolute atomic E-state index is 0.0278. The number of ether oxygens (including phenoxy) is 6. The molecule has 0 aromatic carbocycles. The Morgan fingerprint density at radius 2 is 1.38 bits per heavy atom. The van der Waals surface area contributed by atoms with Gasteiger partial charge in [-0.05, 0) is 116 Å². The monoisotopic (exact) mass is 897 g/mol. The molecule has 5 aliphatic carbocycles. The number of hydrogen-bond donors (Lipinski definition) is 9. The second-order valence-corrected chi connectivity index (χ2v) is 23.0. The van der Waals surface area contributed by atoms with E-state index >= 15 is 0 Å². The van der Waals surface area contributed by atoms with Crippen LogP contribution in [0.1, 0.15) is 120 Å². The van der Waals surface area contributed by atoms with Gasteiger partial charge in [-0.15, -0.1) is 0 Å². The maximum atomic E-state index is 13.1. The normalized spacial score (nSPS) is 54.1. The summed E-state index contributed by atoms with van der Waals surface area (Å²) in [6, 6.07) is 0. The van der Waals surface area contributed by atoms with E-state index in [1.807, 2.05) is 0 Å². The van der Waals surface area contributed by atoms with E-state index in [9.17, 15) is 50.8 Å². The molecule has 0 spiro atoms. The van der Waals surface area contributed by atoms with Crippen LogP contribution in [0.3, 0.4) is 0 Å². The molecule has 8 rings (SSSR count). The van der Waals surface area contributed by atoms with Crippen molar-refractivity contribution >= 4 is 5.97 Å². The predicted molar refractivity (Wildman–Crippen MR) is 223 cm³/mol. The van der Waals surface area contributed by atoms with Crippen molar-refractivity contribution in [1.29, 1.82) is 0 Å². The largest absolute Gasteiger partial charge is 0.481 e. The summed E-state index contributed by atoms with van der Waals surface area (Å²) in [5.41, 5.74) is 0.208. The Morgan fingerprint density at radius 1 is 0.714 bits per heavy atom. The second-order valence-electron chi connectivity index (χ2n) is 23.0. The quantitative estimate of drug-likeness (QED) is 0.125. The van der Waals surface area contributed by atoms with Crippen LogP contribution in [-0.4, -0.2) is 157 Å². The van der Waals surface area contributed by atoms with E-state index in [0.29, 0.717) is 18.8 Å². The van der Waals surface area contributed by atoms with Crippen molar-refractivity contribution in [3.05, 3.63) is 11.6 Å². The maximum Gasteiger partial charge on any atom is 0.310 e. The maximum absolute atomic E-state index is 13.1. The predicted octanol–water partition coefficient (Wildman–Crippen LogP) is 2.37. The molecule has 0 radical (unpaired) electrons. The molecule has 0 aromatic rings. The molecule has 0 unspecified atom stereocenters. The van der Waals surface area contributed by atoms with Crippen molar-refractivity contribution in [3.63, 3.8) is 0 Å². The molecule has 3 saturated heterocycles. The van der Waals surface area contributed by atoms with Crippen LogP contribution in [0.2, 0.25) is 0 Å². The number of aliphatic hydroxyl groups is 8. The van der Waals surface area contributed by atoms with E-state index in [2.05, 4.69) is 54.5 Å². The molecule has 360 valence electrons. The van der Waals surface area contributed by atoms with E-state index < -0.39 is 104 Å². The zero-order chi connectivity index (χ0) is 46.0. The summed E-state index contributed by atoms with van der Waals surface area (Å²) in [6.07, 6.45) is -10.3. The first kappa shape index (κ1) is 48.1. The lowest BCUT2D eigenvalue weighted by molar-refractivity contribution is -0.382. The lowest BCUT2D eigenvalue weighted by Gasteiger charge is -2.71. The van der Waals surface area contributed by atoms with Gasteiger partial charge in [-0.2, -0.15) is 0 Å². The Balaban J connectivity index is 0.999. The minimum atomic E-state index is -1.80. The van der Waals surface area contributed by atoms with E-state index in [1.165, 1.54) is 12.5 Å². The van der Waals surface area contributed by atoms with Gasteiger partial charge in [0.25, 0.3) is 0 Å². The van der Waals surface area contributed by atoms with E-state index in [-0.39, 0.29) is 51.6 Å². The fraction of sp³-hybridized carbons (Fsp3) is 0.936. The Labute approximate surface area is 371 Å². The van der Waals surface area contributed by atoms with Gasteiger partial charge in [-0.1, -0.05) is 60.1 Å². The van der Waals surface area contributed by atoms with Crippen molar-refractivity contribution in [1.82, 2.24) is 0 Å². The van der Waals surface area contributed by atoms with E-state index in [0.717, 1.165) is 51.4 Å². The third-order valence-electron chi connectivity index (χ3n) is 18.9. The molecule has 7 fully saturated rings. The van der Waals surface area contributed by atoms with Crippen molar-refractivity contribution in [2.75, 3.05) is 13.2 Å². The van der Waals surface area contributed by atoms with Crippen molar-refractivity contribution in [2.45, 2.75) is 212 Å². The SMILES string of the molecule is C[C@@H]1O[C@@H](O[C@H]2[C@H](O[C@H]3CC[C@]4(C)[C@H]5CC=C6[C@@H]7CC(C)(C)CC[C@]7(C(=O)O)CC[C@@]6(C)[C@]5(C)CC[C@H]4C3(C)C)OC[C@H](O)[C@@H]2O)[C@H](O)[C@H](O[C@@H]2O[C@H](CO)[C@@H](O)[C@H](O)[C@H]2O)[C@H]1O. The Bertz CT molecular complexity index is 1720. The Kier molecular flexibility index (Phi) is 12.8. The molecule has 16 nitrogen and oxygen atoms in total. The molecule has 3 heterocycles. The first-order chi connectivity index (χ1) is 29.4. The van der Waals surface area contributed by atoms with Crippen molar-refractivity contribution < 1.29 is 79.2 Å². The summed E-state index contributed by atoms with van der Waals surface area (Å²) in [5, 5.41) is 96.4. The third kappa shape index (κ3) is 7.51. The highest BCUT2D eigenvalue weighted by Crippen LogP contribution is 2.76. The van der Waals surface area contributed by atoms with Crippen LogP contribution in [0.25, 0.3) is 0 Å². The molecule has 16 heteroatoms. The Morgan fingerprint density at radius 3 is 2.06 bits per heavy atom. The van der Waals surface area contributed by atoms with E-state index in [4.69, 9.17) is 28.4 Å². The van der Waals surface area contributed by atoms with Crippen LogP contribution in [0.5, 0.6) is 0 Å². The average Bonchev–Trinajstić information content (AvgIpc) is 3.21. The van der Waals surface area contributed by atoms with Gasteiger partial charge in [0.05, 0.1) is 30.8 Å². The number of aliphatic carboxylic acids is 1. The van der Waals surface area contributed by atoms with Gasteiger partial charge in [-0.3, -0.25) is 4.79 Å². The summed E-state index contributed by atoms with van der Waals surface area (Å²) < 4.78 is 36.3. The number of hydrogen-bond acceptors (Lipinski definition) is 15. The number of allylic oxidation sites excluding steroid dienone is 2. The van der Waals surface area contributed by atoms with Crippen LogP contribution in [0.15, 0.2) is 11.6 Å². The van der Waals surface area contributed by atoms with E-state index in [1.54, 1.807) is 0 Å². The molecule has 22 atom stereocenters. The molecule has 0 bridgehead atoms. The number of carboxylic acid groups (broad SMARTS) is 1. The average molecular weight is 897 g/mol. The topological polar surface area (TPSA) is 255 Å². The number of carboxylic acids is 1. The second kappa shape index (κ2) is 16.7. The van der Waals surface area contributed by atoms with Gasteiger partial charge in [0.1, 0.15) is 61.0 Å². The number of rotatable bonds is 8. The standard InChI is InChI=1S/C47H76O16/c1-22-30(50)36(62-38-34(54)33(53)32(52)26(20-48)60-38)35(55)39(59-22)63-37-31(51)25(49)21-58-40(37)61-29-12-13-44(6)27(43(29,4)5)11-14-46(8)28(44)10-9-23-24-19-42(2,3)15-17-47(24,41(56)57)18-16-45(23,46)7/h9,22,24-40,48-55H,10-21H2,1-8H3,(H,56,57)/t22-,24-,25-,26+,27-,28+,29-,30-,31-,32+,33-,34+,35+,36+,37+,38-,39-,40-,44-,45+,46+,47-/m0/s1.